The zero-order valence-electron chi connectivity index (χ0n) is 12.8. The van der Waals surface area contributed by atoms with Gasteiger partial charge in [0.25, 0.3) is 0 Å². The second-order valence-electron chi connectivity index (χ2n) is 6.66. The Morgan fingerprint density at radius 3 is 2.50 bits per heavy atom. The summed E-state index contributed by atoms with van der Waals surface area (Å²) in [7, 11) is -0.350. The Balaban J connectivity index is 1.74. The zero-order chi connectivity index (χ0) is 14.4. The first kappa shape index (κ1) is 14.1. The predicted molar refractivity (Wildman–Crippen MR) is 76.8 cm³/mol. The molecule has 0 unspecified atom stereocenters. The lowest BCUT2D eigenvalue weighted by atomic mass is 9.82. The van der Waals surface area contributed by atoms with E-state index in [0.29, 0.717) is 0 Å². The molecule has 0 spiro atoms. The highest BCUT2D eigenvalue weighted by Crippen LogP contribution is 2.36. The van der Waals surface area contributed by atoms with Crippen LogP contribution in [0.2, 0.25) is 0 Å². The molecule has 1 aromatic rings. The molecule has 2 aliphatic heterocycles. The normalized spacial score (nSPS) is 28.8. The smallest absolute Gasteiger partial charge is 0.399 e. The third-order valence-electron chi connectivity index (χ3n) is 4.60. The van der Waals surface area contributed by atoms with Crippen molar-refractivity contribution in [3.05, 3.63) is 12.4 Å². The molecule has 1 atom stereocenters. The van der Waals surface area contributed by atoms with Gasteiger partial charge in [-0.05, 0) is 47.0 Å². The molecule has 2 aliphatic rings. The number of aromatic nitrogens is 2. The van der Waals surface area contributed by atoms with E-state index >= 15 is 0 Å². The summed E-state index contributed by atoms with van der Waals surface area (Å²) in [5.41, 5.74) is 0.320. The van der Waals surface area contributed by atoms with Gasteiger partial charge in [0, 0.05) is 24.5 Å². The molecule has 3 rings (SSSR count). The van der Waals surface area contributed by atoms with Crippen LogP contribution in [0, 0.1) is 0 Å². The summed E-state index contributed by atoms with van der Waals surface area (Å²) in [5.74, 6) is 0. The fraction of sp³-hybridized carbons (Fsp3) is 0.786. The van der Waals surface area contributed by atoms with Gasteiger partial charge in [0.2, 0.25) is 0 Å². The SMILES string of the molecule is CC1(C)OB(c2cnn([C@H]3CCCCO3)c2)OC1(C)C. The summed E-state index contributed by atoms with van der Waals surface area (Å²) in [6, 6.07) is 0. The van der Waals surface area contributed by atoms with Gasteiger partial charge in [0.15, 0.2) is 0 Å². The van der Waals surface area contributed by atoms with Crippen LogP contribution in [0.1, 0.15) is 53.2 Å². The summed E-state index contributed by atoms with van der Waals surface area (Å²) >= 11 is 0. The molecule has 3 heterocycles. The van der Waals surface area contributed by atoms with Crippen molar-refractivity contribution in [2.75, 3.05) is 6.61 Å². The van der Waals surface area contributed by atoms with Gasteiger partial charge in [0.05, 0.1) is 11.2 Å². The fourth-order valence-corrected chi connectivity index (χ4v) is 2.54. The molecule has 110 valence electrons. The lowest BCUT2D eigenvalue weighted by Crippen LogP contribution is -2.41. The summed E-state index contributed by atoms with van der Waals surface area (Å²) in [4.78, 5) is 0. The van der Waals surface area contributed by atoms with Crippen molar-refractivity contribution in [2.45, 2.75) is 64.4 Å². The molecule has 6 heteroatoms. The van der Waals surface area contributed by atoms with E-state index in [1.807, 2.05) is 17.1 Å². The van der Waals surface area contributed by atoms with Crippen molar-refractivity contribution in [1.29, 1.82) is 0 Å². The highest BCUT2D eigenvalue weighted by atomic mass is 16.7. The quantitative estimate of drug-likeness (QED) is 0.775. The van der Waals surface area contributed by atoms with Crippen LogP contribution in [-0.2, 0) is 14.0 Å². The van der Waals surface area contributed by atoms with Crippen molar-refractivity contribution in [2.24, 2.45) is 0 Å². The third kappa shape index (κ3) is 2.40. The Kier molecular flexibility index (Phi) is 3.43. The number of hydrogen-bond donors (Lipinski definition) is 0. The lowest BCUT2D eigenvalue weighted by Gasteiger charge is -2.32. The molecular formula is C14H23BN2O3. The Morgan fingerprint density at radius 2 is 1.90 bits per heavy atom. The van der Waals surface area contributed by atoms with E-state index in [2.05, 4.69) is 32.8 Å². The summed E-state index contributed by atoms with van der Waals surface area (Å²) < 4.78 is 19.7. The Morgan fingerprint density at radius 1 is 1.20 bits per heavy atom. The first-order valence-electron chi connectivity index (χ1n) is 7.40. The molecule has 0 N–H and O–H groups in total. The van der Waals surface area contributed by atoms with E-state index in [0.717, 1.165) is 24.9 Å². The van der Waals surface area contributed by atoms with Gasteiger partial charge in [-0.1, -0.05) is 0 Å². The van der Waals surface area contributed by atoms with Gasteiger partial charge in [0.1, 0.15) is 6.23 Å². The van der Waals surface area contributed by atoms with Crippen LogP contribution >= 0.6 is 0 Å². The van der Waals surface area contributed by atoms with Gasteiger partial charge in [-0.15, -0.1) is 0 Å². The lowest BCUT2D eigenvalue weighted by molar-refractivity contribution is -0.0394. The molecule has 0 bridgehead atoms. The summed E-state index contributed by atoms with van der Waals surface area (Å²) in [5, 5.41) is 4.41. The molecule has 5 nitrogen and oxygen atoms in total. The Bertz CT molecular complexity index is 465. The van der Waals surface area contributed by atoms with Crippen LogP contribution in [0.3, 0.4) is 0 Å². The first-order chi connectivity index (χ1) is 9.39. The van der Waals surface area contributed by atoms with E-state index in [-0.39, 0.29) is 24.5 Å². The van der Waals surface area contributed by atoms with Crippen molar-refractivity contribution in [3.8, 4) is 0 Å². The van der Waals surface area contributed by atoms with E-state index in [4.69, 9.17) is 14.0 Å². The van der Waals surface area contributed by atoms with E-state index in [1.54, 1.807) is 0 Å². The van der Waals surface area contributed by atoms with Crippen molar-refractivity contribution in [1.82, 2.24) is 9.78 Å². The summed E-state index contributed by atoms with van der Waals surface area (Å²) in [6.07, 6.45) is 7.21. The molecule has 20 heavy (non-hydrogen) atoms. The summed E-state index contributed by atoms with van der Waals surface area (Å²) in [6.45, 7) is 9.04. The van der Waals surface area contributed by atoms with Crippen LogP contribution in [0.4, 0.5) is 0 Å². The average Bonchev–Trinajstić information content (AvgIpc) is 2.94. The van der Waals surface area contributed by atoms with Gasteiger partial charge in [-0.25, -0.2) is 4.68 Å². The van der Waals surface area contributed by atoms with Crippen LogP contribution in [0.25, 0.3) is 0 Å². The second kappa shape index (κ2) is 4.86. The van der Waals surface area contributed by atoms with Gasteiger partial charge in [-0.2, -0.15) is 5.10 Å². The molecule has 0 aromatic carbocycles. The molecule has 0 radical (unpaired) electrons. The standard InChI is InChI=1S/C14H23BN2O3/c1-13(2)14(3,4)20-15(19-13)11-9-16-17(10-11)12-7-5-6-8-18-12/h9-10,12H,5-8H2,1-4H3/t12-/m1/s1. The molecule has 0 aliphatic carbocycles. The minimum Gasteiger partial charge on any atom is -0.399 e. The highest BCUT2D eigenvalue weighted by molar-refractivity contribution is 6.61. The predicted octanol–water partition coefficient (Wildman–Crippen LogP) is 1.88. The monoisotopic (exact) mass is 278 g/mol. The van der Waals surface area contributed by atoms with Crippen LogP contribution < -0.4 is 5.46 Å². The number of rotatable bonds is 2. The zero-order valence-corrected chi connectivity index (χ0v) is 12.8. The van der Waals surface area contributed by atoms with E-state index < -0.39 is 0 Å². The number of ether oxygens (including phenoxy) is 1. The number of nitrogens with zero attached hydrogens (tertiary/aromatic N) is 2. The third-order valence-corrected chi connectivity index (χ3v) is 4.60. The van der Waals surface area contributed by atoms with Crippen LogP contribution in [0.5, 0.6) is 0 Å². The molecule has 2 fully saturated rings. The second-order valence-corrected chi connectivity index (χ2v) is 6.66. The molecule has 0 saturated carbocycles. The van der Waals surface area contributed by atoms with E-state index in [9.17, 15) is 0 Å². The van der Waals surface area contributed by atoms with Crippen LogP contribution in [-0.4, -0.2) is 34.7 Å². The largest absolute Gasteiger partial charge is 0.498 e. The van der Waals surface area contributed by atoms with Gasteiger partial charge >= 0.3 is 7.12 Å². The Hall–Kier alpha value is -0.845. The molecule has 0 amide bonds. The Labute approximate surface area is 120 Å². The van der Waals surface area contributed by atoms with Crippen molar-refractivity contribution in [3.63, 3.8) is 0 Å². The maximum absolute atomic E-state index is 6.03. The minimum absolute atomic E-state index is 0.0555. The minimum atomic E-state index is -0.350. The fourth-order valence-electron chi connectivity index (χ4n) is 2.54. The molecule has 2 saturated heterocycles. The molecule has 1 aromatic heterocycles. The number of hydrogen-bond acceptors (Lipinski definition) is 4. The average molecular weight is 278 g/mol. The van der Waals surface area contributed by atoms with Gasteiger partial charge in [-0.3, -0.25) is 0 Å². The maximum Gasteiger partial charge on any atom is 0.498 e. The van der Waals surface area contributed by atoms with Crippen molar-refractivity contribution < 1.29 is 14.0 Å². The topological polar surface area (TPSA) is 45.5 Å². The van der Waals surface area contributed by atoms with Gasteiger partial charge < -0.3 is 14.0 Å². The van der Waals surface area contributed by atoms with Crippen LogP contribution in [0.15, 0.2) is 12.4 Å². The first-order valence-corrected chi connectivity index (χ1v) is 7.40. The van der Waals surface area contributed by atoms with E-state index in [1.165, 1.54) is 6.42 Å². The maximum atomic E-state index is 6.03. The highest BCUT2D eigenvalue weighted by Gasteiger charge is 2.52. The molecular weight excluding hydrogens is 255 g/mol. The van der Waals surface area contributed by atoms with Crippen molar-refractivity contribution >= 4 is 12.6 Å².